The fraction of sp³-hybridized carbons (Fsp3) is 0.167. The minimum atomic E-state index is -0.973. The second kappa shape index (κ2) is 10.7. The van der Waals surface area contributed by atoms with Crippen molar-refractivity contribution in [3.05, 3.63) is 96.1 Å². The van der Waals surface area contributed by atoms with Gasteiger partial charge < -0.3 is 14.6 Å². The third-order valence-electron chi connectivity index (χ3n) is 5.76. The maximum absolute atomic E-state index is 10.8. The Morgan fingerprint density at radius 2 is 1.68 bits per heavy atom. The van der Waals surface area contributed by atoms with Gasteiger partial charge in [-0.25, -0.2) is 4.79 Å². The monoisotopic (exact) mass is 452 g/mol. The van der Waals surface area contributed by atoms with Crippen LogP contribution in [0.1, 0.15) is 30.9 Å². The number of methoxy groups -OCH3 is 1. The number of unbranched alkanes of at least 4 members (excludes halogenated alkanes) is 1. The molecule has 0 aliphatic heterocycles. The van der Waals surface area contributed by atoms with Crippen molar-refractivity contribution in [1.82, 2.24) is 0 Å². The second-order valence-corrected chi connectivity index (χ2v) is 8.14. The van der Waals surface area contributed by atoms with Crippen LogP contribution in [0, 0.1) is 0 Å². The van der Waals surface area contributed by atoms with Crippen molar-refractivity contribution >= 4 is 22.8 Å². The Bertz CT molecular complexity index is 1310. The van der Waals surface area contributed by atoms with Crippen molar-refractivity contribution in [2.45, 2.75) is 26.2 Å². The molecule has 0 amide bonds. The molecule has 0 saturated heterocycles. The van der Waals surface area contributed by atoms with Crippen molar-refractivity contribution in [2.24, 2.45) is 0 Å². The highest BCUT2D eigenvalue weighted by Crippen LogP contribution is 2.43. The van der Waals surface area contributed by atoms with Crippen LogP contribution in [0.25, 0.3) is 28.0 Å². The van der Waals surface area contributed by atoms with Crippen LogP contribution in [-0.4, -0.2) is 18.2 Å². The van der Waals surface area contributed by atoms with E-state index in [4.69, 9.17) is 14.6 Å². The van der Waals surface area contributed by atoms with E-state index in [0.717, 1.165) is 64.3 Å². The van der Waals surface area contributed by atoms with Gasteiger partial charge in [-0.2, -0.15) is 0 Å². The summed E-state index contributed by atoms with van der Waals surface area (Å²) in [6.45, 7) is 2.20. The minimum Gasteiger partial charge on any atom is -0.497 e. The molecule has 0 aromatic heterocycles. The summed E-state index contributed by atoms with van der Waals surface area (Å²) in [6.07, 6.45) is 5.82. The van der Waals surface area contributed by atoms with E-state index in [1.807, 2.05) is 60.7 Å². The fourth-order valence-electron chi connectivity index (χ4n) is 4.06. The number of carboxylic acid groups (broad SMARTS) is 1. The molecule has 0 unspecified atom stereocenters. The normalized spacial score (nSPS) is 11.1. The van der Waals surface area contributed by atoms with E-state index < -0.39 is 5.97 Å². The van der Waals surface area contributed by atoms with Crippen LogP contribution < -0.4 is 9.47 Å². The van der Waals surface area contributed by atoms with Crippen molar-refractivity contribution < 1.29 is 19.4 Å². The Labute approximate surface area is 200 Å². The summed E-state index contributed by atoms with van der Waals surface area (Å²) < 4.78 is 12.1. The molecule has 172 valence electrons. The molecule has 0 atom stereocenters. The fourth-order valence-corrected chi connectivity index (χ4v) is 4.06. The largest absolute Gasteiger partial charge is 0.497 e. The number of fused-ring (bicyclic) bond motifs is 1. The maximum Gasteiger partial charge on any atom is 0.328 e. The third-order valence-corrected chi connectivity index (χ3v) is 5.76. The molecule has 1 N–H and O–H groups in total. The molecule has 4 rings (SSSR count). The van der Waals surface area contributed by atoms with Gasteiger partial charge in [0.1, 0.15) is 17.2 Å². The smallest absolute Gasteiger partial charge is 0.328 e. The summed E-state index contributed by atoms with van der Waals surface area (Å²) >= 11 is 0. The molecule has 0 aliphatic rings. The van der Waals surface area contributed by atoms with E-state index in [2.05, 4.69) is 25.1 Å². The number of aryl methyl sites for hydroxylation is 1. The zero-order valence-electron chi connectivity index (χ0n) is 19.5. The molecular weight excluding hydrogens is 424 g/mol. The molecule has 0 radical (unpaired) electrons. The molecule has 0 fully saturated rings. The van der Waals surface area contributed by atoms with E-state index in [0.29, 0.717) is 5.75 Å². The first kappa shape index (κ1) is 23.1. The lowest BCUT2D eigenvalue weighted by molar-refractivity contribution is -0.131. The van der Waals surface area contributed by atoms with Gasteiger partial charge in [0, 0.05) is 17.0 Å². The average Bonchev–Trinajstić information content (AvgIpc) is 2.87. The highest BCUT2D eigenvalue weighted by Gasteiger charge is 2.18. The number of hydrogen-bond donors (Lipinski definition) is 1. The zero-order chi connectivity index (χ0) is 23.9. The van der Waals surface area contributed by atoms with E-state index in [1.54, 1.807) is 13.2 Å². The van der Waals surface area contributed by atoms with Gasteiger partial charge in [0.25, 0.3) is 0 Å². The molecule has 4 aromatic rings. The number of benzene rings is 4. The Hall–Kier alpha value is -4.05. The maximum atomic E-state index is 10.8. The van der Waals surface area contributed by atoms with E-state index >= 15 is 0 Å². The van der Waals surface area contributed by atoms with Crippen LogP contribution in [0.4, 0.5) is 0 Å². The number of carbonyl (C=O) groups is 1. The molecule has 4 aromatic carbocycles. The van der Waals surface area contributed by atoms with Crippen molar-refractivity contribution in [2.75, 3.05) is 7.11 Å². The second-order valence-electron chi connectivity index (χ2n) is 8.14. The summed E-state index contributed by atoms with van der Waals surface area (Å²) in [6, 6.07) is 26.1. The van der Waals surface area contributed by atoms with Gasteiger partial charge in [-0.05, 0) is 71.3 Å². The highest BCUT2D eigenvalue weighted by molar-refractivity contribution is 5.98. The number of hydrogen-bond acceptors (Lipinski definition) is 3. The quantitative estimate of drug-likeness (QED) is 0.264. The predicted octanol–water partition coefficient (Wildman–Crippen LogP) is 7.75. The first-order valence-corrected chi connectivity index (χ1v) is 11.5. The van der Waals surface area contributed by atoms with E-state index in [9.17, 15) is 4.79 Å². The van der Waals surface area contributed by atoms with Crippen LogP contribution in [0.2, 0.25) is 0 Å². The van der Waals surface area contributed by atoms with Crippen LogP contribution >= 0.6 is 0 Å². The van der Waals surface area contributed by atoms with E-state index in [1.165, 1.54) is 5.56 Å². The molecule has 0 bridgehead atoms. The Kier molecular flexibility index (Phi) is 7.28. The minimum absolute atomic E-state index is 0.689. The van der Waals surface area contributed by atoms with Crippen molar-refractivity contribution in [1.29, 1.82) is 0 Å². The van der Waals surface area contributed by atoms with Crippen LogP contribution in [0.5, 0.6) is 17.2 Å². The Morgan fingerprint density at radius 1 is 0.941 bits per heavy atom. The Morgan fingerprint density at radius 3 is 2.35 bits per heavy atom. The Balaban J connectivity index is 1.87. The number of rotatable bonds is 9. The molecule has 0 saturated carbocycles. The number of ether oxygens (including phenoxy) is 2. The molecule has 0 aliphatic carbocycles. The number of carboxylic acids is 1. The molecule has 0 heterocycles. The predicted molar refractivity (Wildman–Crippen MR) is 138 cm³/mol. The van der Waals surface area contributed by atoms with Gasteiger partial charge in [0.05, 0.1) is 7.11 Å². The molecule has 4 heteroatoms. The van der Waals surface area contributed by atoms with Crippen LogP contribution in [-0.2, 0) is 11.2 Å². The van der Waals surface area contributed by atoms with Gasteiger partial charge in [-0.15, -0.1) is 0 Å². The summed E-state index contributed by atoms with van der Waals surface area (Å²) in [4.78, 5) is 10.8. The van der Waals surface area contributed by atoms with Gasteiger partial charge >= 0.3 is 5.97 Å². The summed E-state index contributed by atoms with van der Waals surface area (Å²) in [5, 5.41) is 10.9. The SMILES string of the molecule is CCCCc1cc2cc(OC)ccc2c(Oc2ccc(/C=C/C(=O)O)cc2)c1-c1ccccc1. The summed E-state index contributed by atoms with van der Waals surface area (Å²) in [5.41, 5.74) is 4.25. The lowest BCUT2D eigenvalue weighted by Gasteiger charge is -2.19. The third kappa shape index (κ3) is 5.29. The standard InChI is InChI=1S/C30H28O4/c1-3-4-8-23-19-24-20-26(33-2)16-17-27(24)30(29(23)22-9-6-5-7-10-22)34-25-14-11-21(12-15-25)13-18-28(31)32/h5-7,9-20H,3-4,8H2,1-2H3,(H,31,32)/b18-13+. The van der Waals surface area contributed by atoms with Gasteiger partial charge in [0.2, 0.25) is 0 Å². The highest BCUT2D eigenvalue weighted by atomic mass is 16.5. The van der Waals surface area contributed by atoms with Crippen LogP contribution in [0.15, 0.2) is 84.9 Å². The lowest BCUT2D eigenvalue weighted by Crippen LogP contribution is -1.97. The zero-order valence-corrected chi connectivity index (χ0v) is 19.5. The first-order valence-electron chi connectivity index (χ1n) is 11.5. The molecular formula is C30H28O4. The van der Waals surface area contributed by atoms with Gasteiger partial charge in [0.15, 0.2) is 0 Å². The van der Waals surface area contributed by atoms with Crippen molar-refractivity contribution in [3.8, 4) is 28.4 Å². The van der Waals surface area contributed by atoms with Gasteiger partial charge in [-0.3, -0.25) is 0 Å². The van der Waals surface area contributed by atoms with Gasteiger partial charge in [-0.1, -0.05) is 61.9 Å². The van der Waals surface area contributed by atoms with Crippen molar-refractivity contribution in [3.63, 3.8) is 0 Å². The summed E-state index contributed by atoms with van der Waals surface area (Å²) in [5.74, 6) is 1.33. The summed E-state index contributed by atoms with van der Waals surface area (Å²) in [7, 11) is 1.68. The molecule has 0 spiro atoms. The van der Waals surface area contributed by atoms with E-state index in [-0.39, 0.29) is 0 Å². The average molecular weight is 453 g/mol. The molecule has 4 nitrogen and oxygen atoms in total. The van der Waals surface area contributed by atoms with Crippen LogP contribution in [0.3, 0.4) is 0 Å². The molecule has 34 heavy (non-hydrogen) atoms. The first-order chi connectivity index (χ1) is 16.6. The topological polar surface area (TPSA) is 55.8 Å². The number of aliphatic carboxylic acids is 1. The lowest BCUT2D eigenvalue weighted by atomic mass is 9.91.